The minimum absolute atomic E-state index is 0.279. The molecule has 0 aliphatic heterocycles. The van der Waals surface area contributed by atoms with Gasteiger partial charge in [0.15, 0.2) is 5.82 Å². The maximum atomic E-state index is 12.4. The van der Waals surface area contributed by atoms with Crippen molar-refractivity contribution < 1.29 is 8.78 Å². The summed E-state index contributed by atoms with van der Waals surface area (Å²) in [4.78, 5) is 7.30. The van der Waals surface area contributed by atoms with Crippen molar-refractivity contribution in [3.63, 3.8) is 0 Å². The lowest BCUT2D eigenvalue weighted by atomic mass is 10.5. The van der Waals surface area contributed by atoms with E-state index in [2.05, 4.69) is 41.8 Å². The third-order valence-electron chi connectivity index (χ3n) is 1.47. The summed E-state index contributed by atoms with van der Waals surface area (Å²) >= 11 is 8.09. The van der Waals surface area contributed by atoms with Crippen molar-refractivity contribution in [3.05, 3.63) is 55.0 Å². The van der Waals surface area contributed by atoms with Crippen LogP contribution in [0.4, 0.5) is 8.78 Å². The van der Waals surface area contributed by atoms with Crippen molar-refractivity contribution in [1.29, 1.82) is 0 Å². The number of hydrogen-bond donors (Lipinski definition) is 0. The molecule has 90 valence electrons. The maximum absolute atomic E-state index is 12.4. The molecule has 0 radical (unpaired) electrons. The topological polar surface area (TPSA) is 25.8 Å². The average Bonchev–Trinajstić information content (AvgIpc) is 2.29. The van der Waals surface area contributed by atoms with Crippen molar-refractivity contribution in [2.45, 2.75) is 0 Å². The first-order valence-corrected chi connectivity index (χ1v) is 6.89. The minimum atomic E-state index is -0.312. The Morgan fingerprint density at radius 2 is 1.65 bits per heavy atom. The smallest absolute Gasteiger partial charge is 0.154 e. The van der Waals surface area contributed by atoms with Crippen LogP contribution in [0.3, 0.4) is 0 Å². The van der Waals surface area contributed by atoms with E-state index in [1.54, 1.807) is 12.1 Å². The molecule has 0 unspecified atom stereocenters. The normalized spacial score (nSPS) is 9.47. The van der Waals surface area contributed by atoms with Crippen molar-refractivity contribution in [2.75, 3.05) is 0 Å². The van der Waals surface area contributed by atoms with E-state index in [-0.39, 0.29) is 11.6 Å². The third kappa shape index (κ3) is 5.82. The van der Waals surface area contributed by atoms with E-state index in [0.29, 0.717) is 12.8 Å². The summed E-state index contributed by atoms with van der Waals surface area (Å²) in [6, 6.07) is 4.52. The van der Waals surface area contributed by atoms with Gasteiger partial charge in [0.25, 0.3) is 0 Å². The number of rotatable bonds is 0. The Morgan fingerprint density at radius 3 is 2.06 bits per heavy atom. The minimum Gasteiger partial charge on any atom is -0.246 e. The Kier molecular flexibility index (Phi) is 6.42. The number of pyridine rings is 2. The highest BCUT2D eigenvalue weighted by Crippen LogP contribution is 2.13. The Balaban J connectivity index is 0.000000171. The van der Waals surface area contributed by atoms with Gasteiger partial charge in [-0.1, -0.05) is 0 Å². The fourth-order valence-electron chi connectivity index (χ4n) is 0.749. The van der Waals surface area contributed by atoms with Gasteiger partial charge in [0, 0.05) is 0 Å². The predicted molar refractivity (Wildman–Crippen MR) is 76.5 cm³/mol. The van der Waals surface area contributed by atoms with E-state index in [9.17, 15) is 8.78 Å². The Morgan fingerprint density at radius 1 is 1.00 bits per heavy atom. The van der Waals surface area contributed by atoms with E-state index in [1.165, 1.54) is 12.3 Å². The van der Waals surface area contributed by atoms with E-state index in [4.69, 9.17) is 0 Å². The molecule has 0 saturated carbocycles. The molecular weight excluding hydrogens is 473 g/mol. The lowest BCUT2D eigenvalue weighted by Crippen LogP contribution is -1.83. The first kappa shape index (κ1) is 14.9. The van der Waals surface area contributed by atoms with Gasteiger partial charge < -0.3 is 0 Å². The van der Waals surface area contributed by atoms with Crippen molar-refractivity contribution in [2.24, 2.45) is 0 Å². The summed E-state index contributed by atoms with van der Waals surface area (Å²) in [5, 5.41) is 0. The summed E-state index contributed by atoms with van der Waals surface area (Å²) in [5.41, 5.74) is 0. The van der Waals surface area contributed by atoms with Crippen LogP contribution in [0.5, 0.6) is 0 Å². The molecule has 0 atom stereocenters. The van der Waals surface area contributed by atoms with Crippen molar-refractivity contribution in [1.82, 2.24) is 9.97 Å². The molecule has 2 rings (SSSR count). The van der Waals surface area contributed by atoms with Crippen LogP contribution in [0.15, 0.2) is 39.8 Å². The van der Waals surface area contributed by atoms with Gasteiger partial charge >= 0.3 is 0 Å². The molecule has 2 aromatic heterocycles. The third-order valence-corrected chi connectivity index (χ3v) is 3.20. The van der Waals surface area contributed by atoms with Crippen molar-refractivity contribution in [3.8, 4) is 0 Å². The monoisotopic (exact) mass is 476 g/mol. The second kappa shape index (κ2) is 7.32. The summed E-state index contributed by atoms with van der Waals surface area (Å²) in [6.07, 6.45) is 2.34. The van der Waals surface area contributed by atoms with Crippen LogP contribution in [0.2, 0.25) is 0 Å². The van der Waals surface area contributed by atoms with Gasteiger partial charge in [-0.25, -0.2) is 18.7 Å². The molecule has 0 bridgehead atoms. The lowest BCUT2D eigenvalue weighted by molar-refractivity contribution is 0.613. The molecule has 0 spiro atoms. The standard InChI is InChI=1S/C5H2BrFIN.C5H3BrFN/c6-5-1-4(8)3(7)2-9-5;6-5-2-1-4(7)3-8-5/h1-2H;1-3H. The molecule has 0 aliphatic carbocycles. The van der Waals surface area contributed by atoms with Crippen LogP contribution < -0.4 is 0 Å². The number of hydrogen-bond acceptors (Lipinski definition) is 2. The molecule has 7 heteroatoms. The summed E-state index contributed by atoms with van der Waals surface area (Å²) in [6.45, 7) is 0. The fourth-order valence-corrected chi connectivity index (χ4v) is 2.18. The Bertz CT molecular complexity index is 473. The number of aromatic nitrogens is 2. The van der Waals surface area contributed by atoms with Gasteiger partial charge in [0.1, 0.15) is 15.0 Å². The van der Waals surface area contributed by atoms with E-state index in [0.717, 1.165) is 6.20 Å². The van der Waals surface area contributed by atoms with Crippen LogP contribution >= 0.6 is 54.5 Å². The second-order valence-electron chi connectivity index (χ2n) is 2.72. The number of nitrogens with zero attached hydrogens (tertiary/aromatic N) is 2. The summed E-state index contributed by atoms with van der Waals surface area (Å²) in [7, 11) is 0. The fraction of sp³-hybridized carbons (Fsp3) is 0. The molecule has 2 aromatic rings. The second-order valence-corrected chi connectivity index (χ2v) is 5.51. The van der Waals surface area contributed by atoms with Gasteiger partial charge in [-0.05, 0) is 72.6 Å². The van der Waals surface area contributed by atoms with Gasteiger partial charge in [0.05, 0.1) is 16.0 Å². The summed E-state index contributed by atoms with van der Waals surface area (Å²) in [5.74, 6) is -0.591. The van der Waals surface area contributed by atoms with Crippen molar-refractivity contribution >= 4 is 54.5 Å². The molecule has 0 saturated heterocycles. The Labute approximate surface area is 127 Å². The maximum Gasteiger partial charge on any atom is 0.154 e. The molecule has 0 aliphatic rings. The van der Waals surface area contributed by atoms with Crippen LogP contribution in [0.25, 0.3) is 0 Å². The number of halogens is 5. The zero-order chi connectivity index (χ0) is 12.8. The molecule has 17 heavy (non-hydrogen) atoms. The average molecular weight is 478 g/mol. The summed E-state index contributed by atoms with van der Waals surface area (Å²) < 4.78 is 26.3. The largest absolute Gasteiger partial charge is 0.246 e. The quantitative estimate of drug-likeness (QED) is 0.410. The molecular formula is C10H5Br2F2IN2. The molecule has 0 amide bonds. The first-order valence-electron chi connectivity index (χ1n) is 4.22. The highest BCUT2D eigenvalue weighted by atomic mass is 127. The van der Waals surface area contributed by atoms with Gasteiger partial charge in [-0.15, -0.1) is 0 Å². The van der Waals surface area contributed by atoms with Gasteiger partial charge in [-0.2, -0.15) is 0 Å². The molecule has 0 fully saturated rings. The van der Waals surface area contributed by atoms with Gasteiger partial charge in [0.2, 0.25) is 0 Å². The van der Waals surface area contributed by atoms with Crippen LogP contribution in [-0.2, 0) is 0 Å². The van der Waals surface area contributed by atoms with E-state index >= 15 is 0 Å². The zero-order valence-corrected chi connectivity index (χ0v) is 13.5. The highest BCUT2D eigenvalue weighted by Gasteiger charge is 1.97. The van der Waals surface area contributed by atoms with E-state index in [1.807, 2.05) is 22.6 Å². The predicted octanol–water partition coefficient (Wildman–Crippen LogP) is 4.57. The van der Waals surface area contributed by atoms with Crippen LogP contribution in [0, 0.1) is 15.2 Å². The molecule has 0 N–H and O–H groups in total. The Hall–Kier alpha value is -0.150. The molecule has 2 heterocycles. The lowest BCUT2D eigenvalue weighted by Gasteiger charge is -1.91. The highest BCUT2D eigenvalue weighted by molar-refractivity contribution is 14.1. The van der Waals surface area contributed by atoms with Crippen LogP contribution in [0.1, 0.15) is 0 Å². The van der Waals surface area contributed by atoms with Gasteiger partial charge in [-0.3, -0.25) is 0 Å². The van der Waals surface area contributed by atoms with Crippen LogP contribution in [-0.4, -0.2) is 9.97 Å². The zero-order valence-electron chi connectivity index (χ0n) is 8.17. The first-order chi connectivity index (χ1) is 7.99. The van der Waals surface area contributed by atoms with E-state index < -0.39 is 0 Å². The molecule has 2 nitrogen and oxygen atoms in total. The SMILES string of the molecule is Fc1ccc(Br)nc1.Fc1cnc(Br)cc1I. The molecule has 0 aromatic carbocycles.